The van der Waals surface area contributed by atoms with Crippen LogP contribution in [0.2, 0.25) is 0 Å². The highest BCUT2D eigenvalue weighted by Crippen LogP contribution is 2.31. The number of rotatable bonds is 6. The van der Waals surface area contributed by atoms with E-state index in [1.807, 2.05) is 36.4 Å². The Kier molecular flexibility index (Phi) is 5.26. The first-order chi connectivity index (χ1) is 14.6. The number of carbonyl (C=O) groups excluding carboxylic acids is 2. The van der Waals surface area contributed by atoms with Gasteiger partial charge in [-0.15, -0.1) is 0 Å². The molecular weight excluding hydrogens is 384 g/mol. The van der Waals surface area contributed by atoms with Crippen LogP contribution in [-0.4, -0.2) is 37.7 Å². The number of nitrogens with one attached hydrogen (secondary N) is 2. The molecule has 1 heterocycles. The molecule has 30 heavy (non-hydrogen) atoms. The van der Waals surface area contributed by atoms with Crippen molar-refractivity contribution in [3.63, 3.8) is 0 Å². The molecule has 7 heteroatoms. The Balaban J connectivity index is 1.46. The third-order valence-electron chi connectivity index (χ3n) is 4.74. The Morgan fingerprint density at radius 2 is 1.73 bits per heavy atom. The van der Waals surface area contributed by atoms with E-state index >= 15 is 0 Å². The quantitative estimate of drug-likeness (QED) is 0.472. The SMILES string of the molecule is COc1cc(OC)c2[nH]c(C(=O)OCC(=O)Nc3cccc4ccccc34)cc2c1. The number of esters is 1. The number of hydrogen-bond donors (Lipinski definition) is 2. The van der Waals surface area contributed by atoms with E-state index < -0.39 is 18.5 Å². The van der Waals surface area contributed by atoms with Crippen LogP contribution in [0.25, 0.3) is 21.7 Å². The van der Waals surface area contributed by atoms with Crippen LogP contribution in [0, 0.1) is 0 Å². The van der Waals surface area contributed by atoms with Gasteiger partial charge in [0, 0.05) is 22.5 Å². The van der Waals surface area contributed by atoms with Gasteiger partial charge in [-0.05, 0) is 23.6 Å². The zero-order chi connectivity index (χ0) is 21.1. The first-order valence-electron chi connectivity index (χ1n) is 9.28. The molecule has 0 radical (unpaired) electrons. The minimum Gasteiger partial charge on any atom is -0.497 e. The fourth-order valence-electron chi connectivity index (χ4n) is 3.30. The van der Waals surface area contributed by atoms with Crippen LogP contribution >= 0.6 is 0 Å². The van der Waals surface area contributed by atoms with Gasteiger partial charge in [-0.25, -0.2) is 4.79 Å². The molecule has 1 aromatic heterocycles. The smallest absolute Gasteiger partial charge is 0.355 e. The highest BCUT2D eigenvalue weighted by Gasteiger charge is 2.16. The average molecular weight is 404 g/mol. The van der Waals surface area contributed by atoms with Crippen LogP contribution in [0.4, 0.5) is 5.69 Å². The lowest BCUT2D eigenvalue weighted by Gasteiger charge is -2.09. The number of hydrogen-bond acceptors (Lipinski definition) is 5. The molecule has 0 aliphatic heterocycles. The normalized spacial score (nSPS) is 10.7. The number of benzene rings is 3. The first-order valence-corrected chi connectivity index (χ1v) is 9.28. The predicted octanol–water partition coefficient (Wildman–Crippen LogP) is 4.13. The maximum Gasteiger partial charge on any atom is 0.355 e. The van der Waals surface area contributed by atoms with Crippen molar-refractivity contribution in [2.45, 2.75) is 0 Å². The van der Waals surface area contributed by atoms with Crippen LogP contribution in [0.5, 0.6) is 11.5 Å². The number of methoxy groups -OCH3 is 2. The number of ether oxygens (including phenoxy) is 3. The van der Waals surface area contributed by atoms with Gasteiger partial charge in [0.25, 0.3) is 5.91 Å². The highest BCUT2D eigenvalue weighted by molar-refractivity contribution is 6.03. The Morgan fingerprint density at radius 1 is 0.933 bits per heavy atom. The Labute approximate surface area is 172 Å². The lowest BCUT2D eigenvalue weighted by molar-refractivity contribution is -0.119. The molecule has 152 valence electrons. The maximum absolute atomic E-state index is 12.4. The van der Waals surface area contributed by atoms with Crippen molar-refractivity contribution in [3.05, 3.63) is 66.4 Å². The molecule has 0 aliphatic carbocycles. The van der Waals surface area contributed by atoms with E-state index in [-0.39, 0.29) is 5.69 Å². The van der Waals surface area contributed by atoms with E-state index in [2.05, 4.69) is 10.3 Å². The number of fused-ring (bicyclic) bond motifs is 2. The molecule has 0 bridgehead atoms. The van der Waals surface area contributed by atoms with Crippen molar-refractivity contribution in [2.75, 3.05) is 26.1 Å². The first kappa shape index (κ1) is 19.3. The van der Waals surface area contributed by atoms with Crippen molar-refractivity contribution >= 4 is 39.2 Å². The standard InChI is InChI=1S/C23H20N2O5/c1-28-16-10-15-11-19(25-22(15)20(12-16)29-2)23(27)30-13-21(26)24-18-9-5-7-14-6-3-4-8-17(14)18/h3-12,25H,13H2,1-2H3,(H,24,26). The molecule has 0 saturated heterocycles. The molecule has 4 rings (SSSR count). The molecule has 7 nitrogen and oxygen atoms in total. The summed E-state index contributed by atoms with van der Waals surface area (Å²) in [5.74, 6) is 0.0835. The van der Waals surface area contributed by atoms with Crippen LogP contribution in [0.15, 0.2) is 60.7 Å². The van der Waals surface area contributed by atoms with E-state index in [9.17, 15) is 9.59 Å². The molecule has 0 atom stereocenters. The van der Waals surface area contributed by atoms with Crippen molar-refractivity contribution in [3.8, 4) is 11.5 Å². The van der Waals surface area contributed by atoms with Gasteiger partial charge in [0.15, 0.2) is 6.61 Å². The van der Waals surface area contributed by atoms with Gasteiger partial charge in [0.05, 0.1) is 19.7 Å². The summed E-state index contributed by atoms with van der Waals surface area (Å²) >= 11 is 0. The van der Waals surface area contributed by atoms with Gasteiger partial charge in [-0.3, -0.25) is 4.79 Å². The van der Waals surface area contributed by atoms with Crippen LogP contribution in [0.3, 0.4) is 0 Å². The van der Waals surface area contributed by atoms with Gasteiger partial charge in [-0.1, -0.05) is 36.4 Å². The van der Waals surface area contributed by atoms with Crippen molar-refractivity contribution < 1.29 is 23.8 Å². The van der Waals surface area contributed by atoms with Gasteiger partial charge in [0.2, 0.25) is 0 Å². The molecule has 0 aliphatic rings. The highest BCUT2D eigenvalue weighted by atomic mass is 16.5. The summed E-state index contributed by atoms with van der Waals surface area (Å²) < 4.78 is 15.8. The van der Waals surface area contributed by atoms with Gasteiger partial charge in [-0.2, -0.15) is 0 Å². The minimum atomic E-state index is -0.639. The second kappa shape index (κ2) is 8.16. The van der Waals surface area contributed by atoms with Crippen molar-refractivity contribution in [1.29, 1.82) is 0 Å². The third kappa shape index (κ3) is 3.77. The van der Waals surface area contributed by atoms with Gasteiger partial charge >= 0.3 is 5.97 Å². The summed E-state index contributed by atoms with van der Waals surface area (Å²) in [6, 6.07) is 18.5. The summed E-state index contributed by atoms with van der Waals surface area (Å²) in [4.78, 5) is 27.7. The Hall–Kier alpha value is -4.00. The number of carbonyl (C=O) groups is 2. The third-order valence-corrected chi connectivity index (χ3v) is 4.74. The molecule has 1 amide bonds. The fraction of sp³-hybridized carbons (Fsp3) is 0.130. The monoisotopic (exact) mass is 404 g/mol. The summed E-state index contributed by atoms with van der Waals surface area (Å²) in [6.07, 6.45) is 0. The molecule has 0 fully saturated rings. The van der Waals surface area contributed by atoms with Gasteiger partial charge < -0.3 is 24.5 Å². The Morgan fingerprint density at radius 3 is 2.53 bits per heavy atom. The lowest BCUT2D eigenvalue weighted by atomic mass is 10.1. The zero-order valence-electron chi connectivity index (χ0n) is 16.5. The van der Waals surface area contributed by atoms with Crippen LogP contribution < -0.4 is 14.8 Å². The van der Waals surface area contributed by atoms with Crippen molar-refractivity contribution in [1.82, 2.24) is 4.98 Å². The minimum absolute atomic E-state index is 0.217. The van der Waals surface area contributed by atoms with E-state index in [1.165, 1.54) is 7.11 Å². The summed E-state index contributed by atoms with van der Waals surface area (Å²) in [6.45, 7) is -0.405. The molecule has 0 spiro atoms. The molecule has 0 unspecified atom stereocenters. The predicted molar refractivity (Wildman–Crippen MR) is 114 cm³/mol. The number of aromatic amines is 1. The Bertz CT molecular complexity index is 1240. The number of anilines is 1. The topological polar surface area (TPSA) is 89.7 Å². The summed E-state index contributed by atoms with van der Waals surface area (Å²) in [5, 5.41) is 5.45. The van der Waals surface area contributed by atoms with Gasteiger partial charge in [0.1, 0.15) is 17.2 Å². The lowest BCUT2D eigenvalue weighted by Crippen LogP contribution is -2.21. The fourth-order valence-corrected chi connectivity index (χ4v) is 3.30. The van der Waals surface area contributed by atoms with E-state index in [0.29, 0.717) is 22.7 Å². The number of H-pyrrole nitrogens is 1. The van der Waals surface area contributed by atoms with Crippen molar-refractivity contribution in [2.24, 2.45) is 0 Å². The molecule has 0 saturated carbocycles. The molecular formula is C23H20N2O5. The molecule has 2 N–H and O–H groups in total. The molecule has 4 aromatic rings. The summed E-state index contributed by atoms with van der Waals surface area (Å²) in [7, 11) is 3.08. The average Bonchev–Trinajstić information content (AvgIpc) is 3.21. The second-order valence-corrected chi connectivity index (χ2v) is 6.63. The largest absolute Gasteiger partial charge is 0.497 e. The van der Waals surface area contributed by atoms with E-state index in [1.54, 1.807) is 31.4 Å². The number of amides is 1. The second-order valence-electron chi connectivity index (χ2n) is 6.63. The maximum atomic E-state index is 12.4. The van der Waals surface area contributed by atoms with Crippen LogP contribution in [-0.2, 0) is 9.53 Å². The van der Waals surface area contributed by atoms with E-state index in [4.69, 9.17) is 14.2 Å². The zero-order valence-corrected chi connectivity index (χ0v) is 16.5. The van der Waals surface area contributed by atoms with E-state index in [0.717, 1.165) is 16.2 Å². The number of aromatic nitrogens is 1. The summed E-state index contributed by atoms with van der Waals surface area (Å²) in [5.41, 5.74) is 1.52. The molecule has 3 aromatic carbocycles. The van der Waals surface area contributed by atoms with Crippen LogP contribution in [0.1, 0.15) is 10.5 Å².